The summed E-state index contributed by atoms with van der Waals surface area (Å²) in [6.45, 7) is 4.04. The Hall–Kier alpha value is -1.97. The Bertz CT molecular complexity index is 954. The van der Waals surface area contributed by atoms with Crippen LogP contribution < -0.4 is 4.74 Å². The number of ether oxygens (including phenoxy) is 1. The molecule has 0 bridgehead atoms. The molecular formula is C20H14INO3S2. The van der Waals surface area contributed by atoms with Crippen LogP contribution in [-0.2, 0) is 4.79 Å². The van der Waals surface area contributed by atoms with Gasteiger partial charge in [0.25, 0.3) is 5.91 Å². The highest BCUT2D eigenvalue weighted by Crippen LogP contribution is 2.32. The van der Waals surface area contributed by atoms with E-state index in [1.54, 1.807) is 48.6 Å². The molecule has 1 fully saturated rings. The van der Waals surface area contributed by atoms with Crippen LogP contribution in [0.1, 0.15) is 15.9 Å². The van der Waals surface area contributed by atoms with Crippen LogP contribution in [0.15, 0.2) is 66.1 Å². The normalized spacial score (nSPS) is 15.3. The summed E-state index contributed by atoms with van der Waals surface area (Å²) < 4.78 is 6.77. The van der Waals surface area contributed by atoms with Gasteiger partial charge >= 0.3 is 5.97 Å². The van der Waals surface area contributed by atoms with Gasteiger partial charge in [-0.25, -0.2) is 4.79 Å². The van der Waals surface area contributed by atoms with Crippen molar-refractivity contribution in [3.8, 4) is 5.75 Å². The lowest BCUT2D eigenvalue weighted by atomic mass is 10.2. The van der Waals surface area contributed by atoms with Gasteiger partial charge in [0.2, 0.25) is 0 Å². The van der Waals surface area contributed by atoms with Crippen LogP contribution in [-0.4, -0.2) is 27.6 Å². The van der Waals surface area contributed by atoms with Gasteiger partial charge in [0.15, 0.2) is 0 Å². The van der Waals surface area contributed by atoms with Crippen LogP contribution in [0.5, 0.6) is 5.75 Å². The standard InChI is InChI=1S/C20H14INO3S2/c1-2-11-22-18(23)17(27-20(22)26)12-13-7-9-14(10-8-13)25-19(24)15-5-3-4-6-16(15)21/h2-10,12H,1,11H2. The number of carbonyl (C=O) groups excluding carboxylic acids is 2. The first-order valence-electron chi connectivity index (χ1n) is 7.92. The fourth-order valence-electron chi connectivity index (χ4n) is 2.36. The average Bonchev–Trinajstić information content (AvgIpc) is 2.91. The Morgan fingerprint density at radius 3 is 2.59 bits per heavy atom. The lowest BCUT2D eigenvalue weighted by Crippen LogP contribution is -2.27. The van der Waals surface area contributed by atoms with Crippen LogP contribution in [0.4, 0.5) is 0 Å². The number of nitrogens with zero attached hydrogens (tertiary/aromatic N) is 1. The maximum atomic E-state index is 12.3. The molecule has 7 heteroatoms. The predicted octanol–water partition coefficient (Wildman–Crippen LogP) is 4.90. The molecule has 0 atom stereocenters. The maximum Gasteiger partial charge on any atom is 0.344 e. The van der Waals surface area contributed by atoms with E-state index < -0.39 is 5.97 Å². The van der Waals surface area contributed by atoms with E-state index in [0.717, 1.165) is 9.13 Å². The number of amides is 1. The second kappa shape index (κ2) is 8.81. The molecule has 0 saturated carbocycles. The predicted molar refractivity (Wildman–Crippen MR) is 121 cm³/mol. The molecule has 4 nitrogen and oxygen atoms in total. The van der Waals surface area contributed by atoms with Crippen molar-refractivity contribution < 1.29 is 14.3 Å². The summed E-state index contributed by atoms with van der Waals surface area (Å²) in [5, 5.41) is 0. The van der Waals surface area contributed by atoms with Gasteiger partial charge in [-0.1, -0.05) is 54.3 Å². The van der Waals surface area contributed by atoms with Gasteiger partial charge in [-0.15, -0.1) is 6.58 Å². The second-order valence-corrected chi connectivity index (χ2v) is 8.36. The number of halogens is 1. The Kier molecular flexibility index (Phi) is 6.46. The van der Waals surface area contributed by atoms with E-state index in [2.05, 4.69) is 29.2 Å². The minimum atomic E-state index is -0.405. The van der Waals surface area contributed by atoms with E-state index >= 15 is 0 Å². The average molecular weight is 507 g/mol. The van der Waals surface area contributed by atoms with Crippen LogP contribution in [0.3, 0.4) is 0 Å². The number of esters is 1. The van der Waals surface area contributed by atoms with Gasteiger partial charge in [-0.2, -0.15) is 0 Å². The molecule has 2 aromatic carbocycles. The maximum absolute atomic E-state index is 12.3. The van der Waals surface area contributed by atoms with E-state index in [0.29, 0.717) is 27.1 Å². The molecular weight excluding hydrogens is 493 g/mol. The first-order chi connectivity index (χ1) is 13.0. The van der Waals surface area contributed by atoms with Crippen molar-refractivity contribution in [1.29, 1.82) is 0 Å². The quantitative estimate of drug-likeness (QED) is 0.144. The largest absolute Gasteiger partial charge is 0.423 e. The van der Waals surface area contributed by atoms with Gasteiger partial charge in [-0.05, 0) is 58.5 Å². The zero-order chi connectivity index (χ0) is 19.4. The third kappa shape index (κ3) is 4.66. The number of hydrogen-bond donors (Lipinski definition) is 0. The molecule has 136 valence electrons. The SMILES string of the molecule is C=CCN1C(=O)C(=Cc2ccc(OC(=O)c3ccccc3I)cc2)SC1=S. The molecule has 2 aromatic rings. The highest BCUT2D eigenvalue weighted by Gasteiger charge is 2.30. The summed E-state index contributed by atoms with van der Waals surface area (Å²) in [6.07, 6.45) is 3.42. The fourth-order valence-corrected chi connectivity index (χ4v) is 4.24. The Labute approximate surface area is 180 Å². The summed E-state index contributed by atoms with van der Waals surface area (Å²) in [6, 6.07) is 14.2. The molecule has 0 aromatic heterocycles. The van der Waals surface area contributed by atoms with E-state index in [4.69, 9.17) is 17.0 Å². The Balaban J connectivity index is 1.72. The smallest absolute Gasteiger partial charge is 0.344 e. The van der Waals surface area contributed by atoms with Crippen molar-refractivity contribution in [2.75, 3.05) is 6.54 Å². The lowest BCUT2D eigenvalue weighted by molar-refractivity contribution is -0.121. The molecule has 0 N–H and O–H groups in total. The van der Waals surface area contributed by atoms with Gasteiger partial charge in [0, 0.05) is 10.1 Å². The molecule has 1 saturated heterocycles. The molecule has 1 amide bonds. The van der Waals surface area contributed by atoms with Crippen molar-refractivity contribution >= 4 is 68.8 Å². The highest BCUT2D eigenvalue weighted by atomic mass is 127. The van der Waals surface area contributed by atoms with Crippen LogP contribution in [0.2, 0.25) is 0 Å². The second-order valence-electron chi connectivity index (χ2n) is 5.52. The van der Waals surface area contributed by atoms with E-state index in [1.807, 2.05) is 12.1 Å². The highest BCUT2D eigenvalue weighted by molar-refractivity contribution is 14.1. The van der Waals surface area contributed by atoms with Crippen molar-refractivity contribution in [1.82, 2.24) is 4.90 Å². The number of rotatable bonds is 5. The van der Waals surface area contributed by atoms with Crippen molar-refractivity contribution in [3.05, 3.63) is 80.8 Å². The summed E-state index contributed by atoms with van der Waals surface area (Å²) in [5.41, 5.74) is 1.34. The van der Waals surface area contributed by atoms with Crippen molar-refractivity contribution in [2.24, 2.45) is 0 Å². The molecule has 1 aliphatic rings. The van der Waals surface area contributed by atoms with E-state index in [9.17, 15) is 9.59 Å². The number of thiocarbonyl (C=S) groups is 1. The molecule has 27 heavy (non-hydrogen) atoms. The van der Waals surface area contributed by atoms with Crippen LogP contribution >= 0.6 is 46.6 Å². The van der Waals surface area contributed by atoms with Crippen LogP contribution in [0.25, 0.3) is 6.08 Å². The lowest BCUT2D eigenvalue weighted by Gasteiger charge is -2.10. The first kappa shape index (κ1) is 19.8. The van der Waals surface area contributed by atoms with Crippen LogP contribution in [0, 0.1) is 3.57 Å². The van der Waals surface area contributed by atoms with Gasteiger partial charge < -0.3 is 4.74 Å². The zero-order valence-electron chi connectivity index (χ0n) is 14.1. The first-order valence-corrected chi connectivity index (χ1v) is 10.2. The van der Waals surface area contributed by atoms with Gasteiger partial charge in [0.1, 0.15) is 10.1 Å². The summed E-state index contributed by atoms with van der Waals surface area (Å²) in [4.78, 5) is 26.7. The number of benzene rings is 2. The molecule has 0 spiro atoms. The van der Waals surface area contributed by atoms with E-state index in [-0.39, 0.29) is 5.91 Å². The molecule has 0 aliphatic carbocycles. The summed E-state index contributed by atoms with van der Waals surface area (Å²) >= 11 is 8.59. The van der Waals surface area contributed by atoms with Crippen molar-refractivity contribution in [3.63, 3.8) is 0 Å². The molecule has 1 aliphatic heterocycles. The molecule has 0 unspecified atom stereocenters. The topological polar surface area (TPSA) is 46.6 Å². The molecule has 1 heterocycles. The third-order valence-corrected chi connectivity index (χ3v) is 5.99. The Morgan fingerprint density at radius 2 is 1.93 bits per heavy atom. The van der Waals surface area contributed by atoms with E-state index in [1.165, 1.54) is 16.7 Å². The Morgan fingerprint density at radius 1 is 1.22 bits per heavy atom. The fraction of sp³-hybridized carbons (Fsp3) is 0.0500. The monoisotopic (exact) mass is 507 g/mol. The summed E-state index contributed by atoms with van der Waals surface area (Å²) in [5.74, 6) is -0.0897. The minimum Gasteiger partial charge on any atom is -0.423 e. The number of hydrogen-bond acceptors (Lipinski definition) is 5. The molecule has 0 radical (unpaired) electrons. The number of carbonyl (C=O) groups is 2. The minimum absolute atomic E-state index is 0.126. The molecule has 3 rings (SSSR count). The summed E-state index contributed by atoms with van der Waals surface area (Å²) in [7, 11) is 0. The number of thioether (sulfide) groups is 1. The van der Waals surface area contributed by atoms with Gasteiger partial charge in [-0.3, -0.25) is 9.69 Å². The van der Waals surface area contributed by atoms with Gasteiger partial charge in [0.05, 0.1) is 10.5 Å². The van der Waals surface area contributed by atoms with Crippen molar-refractivity contribution in [2.45, 2.75) is 0 Å². The zero-order valence-corrected chi connectivity index (χ0v) is 17.8. The third-order valence-electron chi connectivity index (χ3n) is 3.67.